The molecule has 1 saturated carbocycles. The highest BCUT2D eigenvalue weighted by molar-refractivity contribution is 6.31. The van der Waals surface area contributed by atoms with Crippen molar-refractivity contribution in [3.8, 4) is 0 Å². The van der Waals surface area contributed by atoms with Gasteiger partial charge in [-0.25, -0.2) is 4.39 Å². The third-order valence-electron chi connectivity index (χ3n) is 4.90. The molecule has 1 fully saturated rings. The molecule has 0 aromatic heterocycles. The van der Waals surface area contributed by atoms with Gasteiger partial charge >= 0.3 is 0 Å². The van der Waals surface area contributed by atoms with Crippen LogP contribution in [0.1, 0.15) is 69.1 Å². The summed E-state index contributed by atoms with van der Waals surface area (Å²) in [5, 5.41) is 10.9. The predicted molar refractivity (Wildman–Crippen MR) is 86.1 cm³/mol. The van der Waals surface area contributed by atoms with Crippen LogP contribution >= 0.6 is 11.6 Å². The number of halogens is 2. The number of aryl methyl sites for hydroxylation is 1. The van der Waals surface area contributed by atoms with Gasteiger partial charge in [0.15, 0.2) is 0 Å². The van der Waals surface area contributed by atoms with Crippen molar-refractivity contribution < 1.29 is 9.50 Å². The number of aliphatic hydroxyl groups excluding tert-OH is 1. The lowest BCUT2D eigenvalue weighted by molar-refractivity contribution is 0.0720. The summed E-state index contributed by atoms with van der Waals surface area (Å²) in [5.74, 6) is 0.767. The average molecular weight is 313 g/mol. The van der Waals surface area contributed by atoms with E-state index in [0.29, 0.717) is 16.1 Å². The zero-order valence-electron chi connectivity index (χ0n) is 13.0. The second-order valence-corrected chi connectivity index (χ2v) is 6.90. The van der Waals surface area contributed by atoms with E-state index < -0.39 is 6.10 Å². The maximum absolute atomic E-state index is 13.5. The number of aliphatic hydroxyl groups is 1. The highest BCUT2D eigenvalue weighted by Crippen LogP contribution is 2.40. The van der Waals surface area contributed by atoms with Gasteiger partial charge in [-0.15, -0.1) is 0 Å². The molecule has 1 nitrogen and oxygen atoms in total. The molecule has 1 aliphatic rings. The summed E-state index contributed by atoms with van der Waals surface area (Å²) in [6, 6.07) is 3.02. The Morgan fingerprint density at radius 3 is 2.57 bits per heavy atom. The Hall–Kier alpha value is -0.600. The number of unbranched alkanes of at least 4 members (excludes halogenated alkanes) is 1. The smallest absolute Gasteiger partial charge is 0.127 e. The van der Waals surface area contributed by atoms with E-state index in [1.54, 1.807) is 13.0 Å². The van der Waals surface area contributed by atoms with Crippen LogP contribution in [0, 0.1) is 24.6 Å². The maximum Gasteiger partial charge on any atom is 0.127 e. The number of hydrogen-bond acceptors (Lipinski definition) is 1. The topological polar surface area (TPSA) is 20.2 Å². The Bertz CT molecular complexity index is 467. The fraction of sp³-hybridized carbons (Fsp3) is 0.667. The molecular weight excluding hydrogens is 287 g/mol. The summed E-state index contributed by atoms with van der Waals surface area (Å²) in [7, 11) is 0. The van der Waals surface area contributed by atoms with Gasteiger partial charge in [0.1, 0.15) is 5.82 Å². The van der Waals surface area contributed by atoms with Crippen molar-refractivity contribution in [2.24, 2.45) is 11.8 Å². The van der Waals surface area contributed by atoms with E-state index in [1.807, 2.05) is 0 Å². The van der Waals surface area contributed by atoms with Gasteiger partial charge < -0.3 is 5.11 Å². The van der Waals surface area contributed by atoms with Crippen LogP contribution in [0.25, 0.3) is 0 Å². The minimum absolute atomic E-state index is 0.255. The second-order valence-electron chi connectivity index (χ2n) is 6.49. The molecular formula is C18H26ClFO. The molecule has 118 valence electrons. The Labute approximate surface area is 132 Å². The number of benzene rings is 1. The molecule has 0 heterocycles. The minimum atomic E-state index is -0.566. The monoisotopic (exact) mass is 312 g/mol. The summed E-state index contributed by atoms with van der Waals surface area (Å²) >= 11 is 6.11. The maximum atomic E-state index is 13.5. The molecule has 0 amide bonds. The third kappa shape index (κ3) is 4.20. The molecule has 0 aliphatic heterocycles. The Balaban J connectivity index is 1.99. The van der Waals surface area contributed by atoms with Crippen molar-refractivity contribution in [1.29, 1.82) is 0 Å². The van der Waals surface area contributed by atoms with Crippen molar-refractivity contribution in [1.82, 2.24) is 0 Å². The molecule has 3 heteroatoms. The first kappa shape index (κ1) is 16.8. The van der Waals surface area contributed by atoms with Crippen LogP contribution in [0.4, 0.5) is 4.39 Å². The first-order valence-corrected chi connectivity index (χ1v) is 8.54. The summed E-state index contributed by atoms with van der Waals surface area (Å²) in [6.45, 7) is 3.94. The Kier molecular flexibility index (Phi) is 6.07. The zero-order valence-corrected chi connectivity index (χ0v) is 13.8. The van der Waals surface area contributed by atoms with E-state index in [9.17, 15) is 9.50 Å². The Morgan fingerprint density at radius 2 is 1.95 bits per heavy atom. The van der Waals surface area contributed by atoms with Gasteiger partial charge in [-0.1, -0.05) is 50.6 Å². The quantitative estimate of drug-likeness (QED) is 0.726. The molecule has 1 aromatic rings. The van der Waals surface area contributed by atoms with Gasteiger partial charge in [-0.2, -0.15) is 0 Å². The van der Waals surface area contributed by atoms with Gasteiger partial charge in [-0.3, -0.25) is 0 Å². The molecule has 0 radical (unpaired) electrons. The fourth-order valence-corrected chi connectivity index (χ4v) is 3.71. The standard InChI is InChI=1S/C18H26ClFO/c1-3-4-5-13-6-8-14(9-7-13)18(21)15-10-12(2)17(20)11-16(15)19/h10-11,13-14,18,21H,3-9H2,1-2H3. The molecule has 0 bridgehead atoms. The molecule has 1 atom stereocenters. The molecule has 1 unspecified atom stereocenters. The van der Waals surface area contributed by atoms with E-state index in [-0.39, 0.29) is 11.7 Å². The van der Waals surface area contributed by atoms with Crippen molar-refractivity contribution in [3.05, 3.63) is 34.1 Å². The van der Waals surface area contributed by atoms with Crippen LogP contribution in [0.2, 0.25) is 5.02 Å². The summed E-state index contributed by atoms with van der Waals surface area (Å²) in [5.41, 5.74) is 1.23. The van der Waals surface area contributed by atoms with E-state index in [0.717, 1.165) is 18.8 Å². The zero-order chi connectivity index (χ0) is 15.4. The predicted octanol–water partition coefficient (Wildman–Crippen LogP) is 5.82. The first-order chi connectivity index (χ1) is 10.0. The largest absolute Gasteiger partial charge is 0.388 e. The van der Waals surface area contributed by atoms with Gasteiger partial charge in [0.2, 0.25) is 0 Å². The highest BCUT2D eigenvalue weighted by Gasteiger charge is 2.28. The SMILES string of the molecule is CCCCC1CCC(C(O)c2cc(C)c(F)cc2Cl)CC1. The van der Waals surface area contributed by atoms with Crippen LogP contribution in [0.3, 0.4) is 0 Å². The molecule has 21 heavy (non-hydrogen) atoms. The number of hydrogen-bond donors (Lipinski definition) is 1. The van der Waals surface area contributed by atoms with Gasteiger partial charge in [0.25, 0.3) is 0 Å². The normalized spacial score (nSPS) is 24.0. The fourth-order valence-electron chi connectivity index (χ4n) is 3.45. The Morgan fingerprint density at radius 1 is 1.29 bits per heavy atom. The molecule has 0 saturated heterocycles. The first-order valence-electron chi connectivity index (χ1n) is 8.16. The second kappa shape index (κ2) is 7.60. The lowest BCUT2D eigenvalue weighted by Gasteiger charge is -2.32. The van der Waals surface area contributed by atoms with Gasteiger partial charge in [0, 0.05) is 5.02 Å². The van der Waals surface area contributed by atoms with E-state index in [4.69, 9.17) is 11.6 Å². The molecule has 0 spiro atoms. The van der Waals surface area contributed by atoms with E-state index in [1.165, 1.54) is 38.2 Å². The molecule has 1 N–H and O–H groups in total. The van der Waals surface area contributed by atoms with Gasteiger partial charge in [0.05, 0.1) is 6.10 Å². The lowest BCUT2D eigenvalue weighted by atomic mass is 9.76. The van der Waals surface area contributed by atoms with Gasteiger partial charge in [-0.05, 0) is 54.9 Å². The van der Waals surface area contributed by atoms with Crippen LogP contribution in [0.5, 0.6) is 0 Å². The van der Waals surface area contributed by atoms with Crippen molar-refractivity contribution in [3.63, 3.8) is 0 Å². The summed E-state index contributed by atoms with van der Waals surface area (Å²) < 4.78 is 13.5. The van der Waals surface area contributed by atoms with Crippen LogP contribution in [0.15, 0.2) is 12.1 Å². The molecule has 1 aromatic carbocycles. The molecule has 1 aliphatic carbocycles. The van der Waals surface area contributed by atoms with Crippen LogP contribution in [-0.2, 0) is 0 Å². The van der Waals surface area contributed by atoms with Crippen LogP contribution in [-0.4, -0.2) is 5.11 Å². The highest BCUT2D eigenvalue weighted by atomic mass is 35.5. The lowest BCUT2D eigenvalue weighted by Crippen LogP contribution is -2.21. The summed E-state index contributed by atoms with van der Waals surface area (Å²) in [6.07, 6.45) is 7.79. The van der Waals surface area contributed by atoms with E-state index >= 15 is 0 Å². The average Bonchev–Trinajstić information content (AvgIpc) is 2.48. The minimum Gasteiger partial charge on any atom is -0.388 e. The van der Waals surface area contributed by atoms with Crippen molar-refractivity contribution >= 4 is 11.6 Å². The third-order valence-corrected chi connectivity index (χ3v) is 5.23. The number of rotatable bonds is 5. The summed E-state index contributed by atoms with van der Waals surface area (Å²) in [4.78, 5) is 0. The van der Waals surface area contributed by atoms with Crippen molar-refractivity contribution in [2.75, 3.05) is 0 Å². The molecule has 2 rings (SSSR count). The van der Waals surface area contributed by atoms with Crippen LogP contribution < -0.4 is 0 Å². The van der Waals surface area contributed by atoms with E-state index in [2.05, 4.69) is 6.92 Å². The van der Waals surface area contributed by atoms with Crippen molar-refractivity contribution in [2.45, 2.75) is 64.9 Å².